The van der Waals surface area contributed by atoms with Crippen molar-refractivity contribution in [3.05, 3.63) is 74.3 Å². The van der Waals surface area contributed by atoms with Gasteiger partial charge in [0.05, 0.1) is 15.3 Å². The van der Waals surface area contributed by atoms with Gasteiger partial charge in [-0.1, -0.05) is 23.1 Å². The summed E-state index contributed by atoms with van der Waals surface area (Å²) >= 11 is 2.17. The highest BCUT2D eigenvalue weighted by Crippen LogP contribution is 2.36. The van der Waals surface area contributed by atoms with Gasteiger partial charge in [0.1, 0.15) is 16.4 Å². The molecule has 2 heterocycles. The molecule has 30 heavy (non-hydrogen) atoms. The molecule has 0 atom stereocenters. The van der Waals surface area contributed by atoms with Crippen molar-refractivity contribution >= 4 is 45.7 Å². The van der Waals surface area contributed by atoms with Gasteiger partial charge >= 0.3 is 5.97 Å². The highest BCUT2D eigenvalue weighted by atomic mass is 32.2. The van der Waals surface area contributed by atoms with Crippen LogP contribution in [0, 0.1) is 15.9 Å². The molecule has 0 bridgehead atoms. The summed E-state index contributed by atoms with van der Waals surface area (Å²) in [7, 11) is 0. The number of aromatic amines is 1. The zero-order chi connectivity index (χ0) is 21.4. The zero-order valence-electron chi connectivity index (χ0n) is 14.7. The third-order valence-corrected chi connectivity index (χ3v) is 6.15. The number of nitro benzene ring substituents is 1. The second-order valence-corrected chi connectivity index (χ2v) is 8.21. The van der Waals surface area contributed by atoms with Crippen molar-refractivity contribution in [1.29, 1.82) is 0 Å². The first-order valence-corrected chi connectivity index (χ1v) is 9.81. The van der Waals surface area contributed by atoms with Crippen LogP contribution in [0.15, 0.2) is 56.6 Å². The van der Waals surface area contributed by atoms with Crippen LogP contribution >= 0.6 is 23.1 Å². The molecule has 12 heteroatoms. The minimum Gasteiger partial charge on any atom is -0.477 e. The van der Waals surface area contributed by atoms with Gasteiger partial charge in [0.25, 0.3) is 5.69 Å². The van der Waals surface area contributed by atoms with Gasteiger partial charge in [-0.2, -0.15) is 0 Å². The van der Waals surface area contributed by atoms with E-state index < -0.39 is 27.7 Å². The number of aromatic carboxylic acids is 1. The monoisotopic (exact) mass is 444 g/mol. The largest absolute Gasteiger partial charge is 0.477 e. The molecule has 0 saturated heterocycles. The molecular weight excluding hydrogens is 435 g/mol. The Hall–Kier alpha value is -3.64. The number of benzene rings is 2. The number of hydrogen-bond acceptors (Lipinski definition) is 8. The predicted molar refractivity (Wildman–Crippen MR) is 108 cm³/mol. The number of aromatic nitrogens is 3. The maximum atomic E-state index is 14.5. The van der Waals surface area contributed by atoms with E-state index >= 15 is 0 Å². The number of non-ortho nitro benzene ring substituents is 1. The molecule has 0 aliphatic rings. The van der Waals surface area contributed by atoms with Gasteiger partial charge in [-0.05, 0) is 24.3 Å². The molecule has 9 nitrogen and oxygen atoms in total. The van der Waals surface area contributed by atoms with Gasteiger partial charge in [0.2, 0.25) is 5.43 Å². The molecule has 0 fully saturated rings. The summed E-state index contributed by atoms with van der Waals surface area (Å²) in [5, 5.41) is 28.2. The molecule has 0 aliphatic heterocycles. The Morgan fingerprint density at radius 2 is 1.97 bits per heavy atom. The highest BCUT2D eigenvalue weighted by Gasteiger charge is 2.16. The maximum absolute atomic E-state index is 14.5. The lowest BCUT2D eigenvalue weighted by Gasteiger charge is -2.04. The number of pyridine rings is 1. The Bertz CT molecular complexity index is 1370. The van der Waals surface area contributed by atoms with Crippen LogP contribution in [0.3, 0.4) is 0 Å². The van der Waals surface area contributed by atoms with E-state index in [2.05, 4.69) is 15.2 Å². The first-order valence-electron chi connectivity index (χ1n) is 8.18. The van der Waals surface area contributed by atoms with Crippen molar-refractivity contribution in [2.75, 3.05) is 0 Å². The normalized spacial score (nSPS) is 11.0. The number of nitro groups is 1. The van der Waals surface area contributed by atoms with Crippen molar-refractivity contribution in [3.8, 4) is 10.6 Å². The van der Waals surface area contributed by atoms with E-state index in [0.29, 0.717) is 14.9 Å². The van der Waals surface area contributed by atoms with Crippen LogP contribution in [0.25, 0.3) is 21.5 Å². The predicted octanol–water partition coefficient (Wildman–Crippen LogP) is 3.94. The fraction of sp³-hybridized carbons (Fsp3) is 0. The number of nitrogens with one attached hydrogen (secondary N) is 1. The van der Waals surface area contributed by atoms with Crippen LogP contribution in [0.1, 0.15) is 10.4 Å². The Morgan fingerprint density at radius 1 is 1.23 bits per heavy atom. The fourth-order valence-corrected chi connectivity index (χ4v) is 4.50. The van der Waals surface area contributed by atoms with E-state index in [1.165, 1.54) is 29.5 Å². The van der Waals surface area contributed by atoms with Crippen LogP contribution in [-0.4, -0.2) is 31.2 Å². The molecule has 0 spiro atoms. The SMILES string of the molecule is O=C(O)c1c[nH]c2cc(Sc3nnc(-c4ccc([N+](=O)[O-])cc4)s3)c(F)cc2c1=O. The summed E-state index contributed by atoms with van der Waals surface area (Å²) in [6.45, 7) is 0. The summed E-state index contributed by atoms with van der Waals surface area (Å²) < 4.78 is 15.0. The molecule has 4 aromatic rings. The van der Waals surface area contributed by atoms with Gasteiger partial charge in [0.15, 0.2) is 4.34 Å². The number of H-pyrrole nitrogens is 1. The molecule has 0 aliphatic carbocycles. The highest BCUT2D eigenvalue weighted by molar-refractivity contribution is 8.01. The van der Waals surface area contributed by atoms with Crippen molar-refractivity contribution < 1.29 is 19.2 Å². The number of carboxylic acids is 1. The summed E-state index contributed by atoms with van der Waals surface area (Å²) in [6, 6.07) is 8.20. The van der Waals surface area contributed by atoms with E-state index in [9.17, 15) is 24.1 Å². The Morgan fingerprint density at radius 3 is 2.63 bits per heavy atom. The van der Waals surface area contributed by atoms with E-state index in [0.717, 1.165) is 24.0 Å². The topological polar surface area (TPSA) is 139 Å². The van der Waals surface area contributed by atoms with E-state index in [1.807, 2.05) is 0 Å². The van der Waals surface area contributed by atoms with Crippen molar-refractivity contribution in [1.82, 2.24) is 15.2 Å². The standard InChI is InChI=1S/C18H9FN4O5S2/c19-12-5-10-13(20-7-11(15(10)24)17(25)26)6-14(12)29-18-22-21-16(30-18)8-1-3-9(4-2-8)23(27)28/h1-7H,(H,20,24)(H,25,26). The molecule has 2 aromatic carbocycles. The lowest BCUT2D eigenvalue weighted by atomic mass is 10.1. The Balaban J connectivity index is 1.64. The molecule has 0 radical (unpaired) electrons. The second kappa shape index (κ2) is 7.65. The number of rotatable bonds is 5. The minimum absolute atomic E-state index is 0.0452. The average Bonchev–Trinajstić information content (AvgIpc) is 3.18. The van der Waals surface area contributed by atoms with Crippen molar-refractivity contribution in [3.63, 3.8) is 0 Å². The molecule has 2 aromatic heterocycles. The Kier molecular flexibility index (Phi) is 5.01. The molecular formula is C18H9FN4O5S2. The van der Waals surface area contributed by atoms with Crippen molar-refractivity contribution in [2.24, 2.45) is 0 Å². The number of halogens is 1. The third kappa shape index (κ3) is 3.65. The number of hydrogen-bond donors (Lipinski definition) is 2. The zero-order valence-corrected chi connectivity index (χ0v) is 16.3. The van der Waals surface area contributed by atoms with Crippen LogP contribution in [-0.2, 0) is 0 Å². The number of carbonyl (C=O) groups is 1. The van der Waals surface area contributed by atoms with Crippen LogP contribution in [0.4, 0.5) is 10.1 Å². The smallest absolute Gasteiger partial charge is 0.341 e. The maximum Gasteiger partial charge on any atom is 0.341 e. The van der Waals surface area contributed by atoms with E-state index in [-0.39, 0.29) is 21.5 Å². The molecule has 2 N–H and O–H groups in total. The van der Waals surface area contributed by atoms with Gasteiger partial charge in [-0.15, -0.1) is 10.2 Å². The summed E-state index contributed by atoms with van der Waals surface area (Å²) in [5.41, 5.74) is -0.373. The minimum atomic E-state index is -1.40. The Labute approximate surface area is 174 Å². The number of nitrogens with zero attached hydrogens (tertiary/aromatic N) is 3. The fourth-order valence-electron chi connectivity index (χ4n) is 2.65. The van der Waals surface area contributed by atoms with Gasteiger partial charge in [-0.3, -0.25) is 14.9 Å². The number of carboxylic acid groups (broad SMARTS) is 1. The van der Waals surface area contributed by atoms with Crippen molar-refractivity contribution in [2.45, 2.75) is 9.24 Å². The molecule has 4 rings (SSSR count). The second-order valence-electron chi connectivity index (χ2n) is 5.94. The van der Waals surface area contributed by atoms with E-state index in [4.69, 9.17) is 5.11 Å². The first-order chi connectivity index (χ1) is 14.3. The van der Waals surface area contributed by atoms with Gasteiger partial charge in [0, 0.05) is 29.3 Å². The summed E-state index contributed by atoms with van der Waals surface area (Å²) in [5.74, 6) is -2.10. The average molecular weight is 444 g/mol. The summed E-state index contributed by atoms with van der Waals surface area (Å²) in [4.78, 5) is 36.4. The lowest BCUT2D eigenvalue weighted by molar-refractivity contribution is -0.384. The molecule has 0 unspecified atom stereocenters. The van der Waals surface area contributed by atoms with E-state index in [1.54, 1.807) is 12.1 Å². The number of fused-ring (bicyclic) bond motifs is 1. The van der Waals surface area contributed by atoms with Crippen LogP contribution in [0.2, 0.25) is 0 Å². The first kappa shape index (κ1) is 19.7. The van der Waals surface area contributed by atoms with Crippen LogP contribution in [0.5, 0.6) is 0 Å². The van der Waals surface area contributed by atoms with Crippen LogP contribution < -0.4 is 5.43 Å². The van der Waals surface area contributed by atoms with Gasteiger partial charge < -0.3 is 10.1 Å². The molecule has 150 valence electrons. The quantitative estimate of drug-likeness (QED) is 0.348. The lowest BCUT2D eigenvalue weighted by Crippen LogP contribution is -2.15. The summed E-state index contributed by atoms with van der Waals surface area (Å²) in [6.07, 6.45) is 1.07. The third-order valence-electron chi connectivity index (χ3n) is 4.09. The molecule has 0 amide bonds. The van der Waals surface area contributed by atoms with Gasteiger partial charge in [-0.25, -0.2) is 9.18 Å². The molecule has 0 saturated carbocycles.